The normalized spacial score (nSPS) is 11.3. The molecule has 0 aliphatic rings. The summed E-state index contributed by atoms with van der Waals surface area (Å²) in [5.41, 5.74) is 15.2. The number of para-hydroxylation sites is 2. The van der Waals surface area contributed by atoms with Gasteiger partial charge < -0.3 is 4.90 Å². The summed E-state index contributed by atoms with van der Waals surface area (Å²) >= 11 is 0. The second-order valence-corrected chi connectivity index (χ2v) is 15.7. The van der Waals surface area contributed by atoms with E-state index in [1.54, 1.807) is 0 Å². The molecule has 11 rings (SSSR count). The molecular formula is C60H41N. The molecule has 0 saturated carbocycles. The van der Waals surface area contributed by atoms with Crippen LogP contribution >= 0.6 is 0 Å². The predicted octanol–water partition coefficient (Wildman–Crippen LogP) is 17.0. The SMILES string of the molecule is c1ccc(-c2ccc(-c3cccc(N(c4ccccc4)c4ccccc4-c4ccc(-c5ccc6c(ccc7c8ccccc8ccc67)c5)c(-c5ccccc5)c4)c3)cc2)cc1. The Morgan fingerprint density at radius 2 is 0.721 bits per heavy atom. The van der Waals surface area contributed by atoms with Gasteiger partial charge in [-0.1, -0.05) is 206 Å². The number of benzene rings is 11. The Kier molecular flexibility index (Phi) is 9.26. The maximum Gasteiger partial charge on any atom is 0.0540 e. The third-order valence-electron chi connectivity index (χ3n) is 12.1. The van der Waals surface area contributed by atoms with Crippen LogP contribution in [0.2, 0.25) is 0 Å². The van der Waals surface area contributed by atoms with Crippen LogP contribution in [0, 0.1) is 0 Å². The average molecular weight is 776 g/mol. The number of hydrogen-bond acceptors (Lipinski definition) is 1. The molecule has 0 aliphatic heterocycles. The van der Waals surface area contributed by atoms with Gasteiger partial charge in [-0.25, -0.2) is 0 Å². The van der Waals surface area contributed by atoms with E-state index in [1.165, 1.54) is 76.8 Å². The smallest absolute Gasteiger partial charge is 0.0540 e. The highest BCUT2D eigenvalue weighted by atomic mass is 15.1. The highest BCUT2D eigenvalue weighted by Crippen LogP contribution is 2.44. The van der Waals surface area contributed by atoms with Crippen LogP contribution in [-0.4, -0.2) is 0 Å². The average Bonchev–Trinajstić information content (AvgIpc) is 3.35. The molecule has 0 saturated heterocycles. The van der Waals surface area contributed by atoms with Crippen molar-refractivity contribution in [2.75, 3.05) is 4.90 Å². The Morgan fingerprint density at radius 1 is 0.213 bits per heavy atom. The van der Waals surface area contributed by atoms with Crippen LogP contribution in [-0.2, 0) is 0 Å². The number of hydrogen-bond donors (Lipinski definition) is 0. The molecular weight excluding hydrogens is 735 g/mol. The molecule has 11 aromatic rings. The highest BCUT2D eigenvalue weighted by Gasteiger charge is 2.19. The van der Waals surface area contributed by atoms with Crippen molar-refractivity contribution in [3.05, 3.63) is 249 Å². The molecule has 0 heterocycles. The summed E-state index contributed by atoms with van der Waals surface area (Å²) in [7, 11) is 0. The van der Waals surface area contributed by atoms with Crippen LogP contribution in [0.15, 0.2) is 249 Å². The molecule has 0 atom stereocenters. The van der Waals surface area contributed by atoms with E-state index in [-0.39, 0.29) is 0 Å². The summed E-state index contributed by atoms with van der Waals surface area (Å²) in [6.07, 6.45) is 0. The Morgan fingerprint density at radius 3 is 1.49 bits per heavy atom. The largest absolute Gasteiger partial charge is 0.310 e. The van der Waals surface area contributed by atoms with E-state index in [0.29, 0.717) is 0 Å². The molecule has 61 heavy (non-hydrogen) atoms. The van der Waals surface area contributed by atoms with Crippen molar-refractivity contribution in [3.8, 4) is 55.6 Å². The van der Waals surface area contributed by atoms with Crippen molar-refractivity contribution < 1.29 is 0 Å². The first kappa shape index (κ1) is 36.1. The quantitative estimate of drug-likeness (QED) is 0.139. The number of rotatable bonds is 8. The first-order chi connectivity index (χ1) is 30.2. The maximum absolute atomic E-state index is 2.39. The van der Waals surface area contributed by atoms with E-state index in [9.17, 15) is 0 Å². The van der Waals surface area contributed by atoms with Gasteiger partial charge >= 0.3 is 0 Å². The number of fused-ring (bicyclic) bond motifs is 5. The zero-order chi connectivity index (χ0) is 40.5. The molecule has 0 radical (unpaired) electrons. The third-order valence-corrected chi connectivity index (χ3v) is 12.1. The lowest BCUT2D eigenvalue weighted by molar-refractivity contribution is 1.28. The van der Waals surface area contributed by atoms with E-state index in [1.807, 2.05) is 0 Å². The second kappa shape index (κ2) is 15.6. The molecule has 286 valence electrons. The highest BCUT2D eigenvalue weighted by molar-refractivity contribution is 6.17. The van der Waals surface area contributed by atoms with E-state index in [0.717, 1.165) is 28.2 Å². The van der Waals surface area contributed by atoms with Crippen LogP contribution in [0.4, 0.5) is 17.1 Å². The summed E-state index contributed by atoms with van der Waals surface area (Å²) in [6.45, 7) is 0. The minimum absolute atomic E-state index is 1.10. The summed E-state index contributed by atoms with van der Waals surface area (Å²) in [6, 6.07) is 90.4. The summed E-state index contributed by atoms with van der Waals surface area (Å²) in [5, 5.41) is 7.65. The van der Waals surface area contributed by atoms with Gasteiger partial charge in [0.15, 0.2) is 0 Å². The topological polar surface area (TPSA) is 3.24 Å². The maximum atomic E-state index is 2.39. The zero-order valence-corrected chi connectivity index (χ0v) is 33.6. The molecule has 0 unspecified atom stereocenters. The molecule has 0 amide bonds. The number of anilines is 3. The summed E-state index contributed by atoms with van der Waals surface area (Å²) < 4.78 is 0. The van der Waals surface area contributed by atoms with E-state index in [2.05, 4.69) is 254 Å². The van der Waals surface area contributed by atoms with E-state index < -0.39 is 0 Å². The van der Waals surface area contributed by atoms with Crippen molar-refractivity contribution in [2.24, 2.45) is 0 Å². The Bertz CT molecular complexity index is 3330. The Balaban J connectivity index is 1.02. The molecule has 0 bridgehead atoms. The molecule has 0 fully saturated rings. The monoisotopic (exact) mass is 775 g/mol. The van der Waals surface area contributed by atoms with Gasteiger partial charge in [0.2, 0.25) is 0 Å². The Labute approximate surface area is 357 Å². The van der Waals surface area contributed by atoms with Gasteiger partial charge in [0.25, 0.3) is 0 Å². The molecule has 0 spiro atoms. The van der Waals surface area contributed by atoms with Crippen LogP contribution in [0.25, 0.3) is 88.0 Å². The van der Waals surface area contributed by atoms with Crippen molar-refractivity contribution in [2.45, 2.75) is 0 Å². The van der Waals surface area contributed by atoms with Crippen molar-refractivity contribution in [3.63, 3.8) is 0 Å². The molecule has 1 heteroatoms. The van der Waals surface area contributed by atoms with Crippen LogP contribution in [0.1, 0.15) is 0 Å². The molecule has 11 aromatic carbocycles. The van der Waals surface area contributed by atoms with Gasteiger partial charge in [-0.2, -0.15) is 0 Å². The zero-order valence-electron chi connectivity index (χ0n) is 33.6. The fourth-order valence-corrected chi connectivity index (χ4v) is 9.04. The first-order valence-corrected chi connectivity index (χ1v) is 21.0. The summed E-state index contributed by atoms with van der Waals surface area (Å²) in [5.74, 6) is 0. The lowest BCUT2D eigenvalue weighted by atomic mass is 9.89. The lowest BCUT2D eigenvalue weighted by Crippen LogP contribution is -2.11. The van der Waals surface area contributed by atoms with Gasteiger partial charge in [-0.15, -0.1) is 0 Å². The molecule has 1 nitrogen and oxygen atoms in total. The van der Waals surface area contributed by atoms with E-state index >= 15 is 0 Å². The first-order valence-electron chi connectivity index (χ1n) is 21.0. The third kappa shape index (κ3) is 6.83. The van der Waals surface area contributed by atoms with Gasteiger partial charge in [0, 0.05) is 16.9 Å². The predicted molar refractivity (Wildman–Crippen MR) is 261 cm³/mol. The number of nitrogens with zero attached hydrogens (tertiary/aromatic N) is 1. The minimum Gasteiger partial charge on any atom is -0.310 e. The van der Waals surface area contributed by atoms with Gasteiger partial charge in [0.1, 0.15) is 0 Å². The molecule has 0 aromatic heterocycles. The second-order valence-electron chi connectivity index (χ2n) is 15.7. The fourth-order valence-electron chi connectivity index (χ4n) is 9.04. The van der Waals surface area contributed by atoms with Crippen LogP contribution in [0.5, 0.6) is 0 Å². The minimum atomic E-state index is 1.10. The fraction of sp³-hybridized carbons (Fsp3) is 0. The van der Waals surface area contributed by atoms with Crippen molar-refractivity contribution >= 4 is 49.4 Å². The lowest BCUT2D eigenvalue weighted by Gasteiger charge is -2.28. The van der Waals surface area contributed by atoms with Gasteiger partial charge in [0.05, 0.1) is 5.69 Å². The van der Waals surface area contributed by atoms with Crippen LogP contribution in [0.3, 0.4) is 0 Å². The molecule has 0 aliphatic carbocycles. The van der Waals surface area contributed by atoms with E-state index in [4.69, 9.17) is 0 Å². The van der Waals surface area contributed by atoms with Crippen molar-refractivity contribution in [1.82, 2.24) is 0 Å². The van der Waals surface area contributed by atoms with Gasteiger partial charge in [-0.05, 0) is 125 Å². The Hall–Kier alpha value is -8.00. The van der Waals surface area contributed by atoms with Crippen LogP contribution < -0.4 is 4.90 Å². The standard InChI is InChI=1S/C60H41N/c1-4-15-42(16-5-1)43-27-29-44(30-28-43)47-20-14-23-52(40-47)61(51-21-8-3-9-22-51)60-26-13-12-25-56(60)50-33-36-55(59(41-50)45-17-6-2-7-18-45)49-32-35-54-48(39-49)34-38-57-53-24-11-10-19-46(53)31-37-58(54)57/h1-41H. The van der Waals surface area contributed by atoms with Crippen molar-refractivity contribution in [1.29, 1.82) is 0 Å². The molecule has 0 N–H and O–H groups in total. The van der Waals surface area contributed by atoms with Gasteiger partial charge in [-0.3, -0.25) is 0 Å². The summed E-state index contributed by atoms with van der Waals surface area (Å²) in [4.78, 5) is 2.39.